The summed E-state index contributed by atoms with van der Waals surface area (Å²) in [5, 5.41) is 10.4. The monoisotopic (exact) mass is 429 g/mol. The quantitative estimate of drug-likeness (QED) is 0.616. The van der Waals surface area contributed by atoms with Gasteiger partial charge in [-0.15, -0.1) is 0 Å². The summed E-state index contributed by atoms with van der Waals surface area (Å²) < 4.78 is 0.804. The Morgan fingerprint density at radius 1 is 1.16 bits per heavy atom. The number of amides is 1. The van der Waals surface area contributed by atoms with Crippen LogP contribution in [0.2, 0.25) is 0 Å². The van der Waals surface area contributed by atoms with Gasteiger partial charge in [0.05, 0.1) is 5.25 Å². The Kier molecular flexibility index (Phi) is 8.31. The first kappa shape index (κ1) is 21.4. The predicted molar refractivity (Wildman–Crippen MR) is 99.6 cm³/mol. The zero-order valence-corrected chi connectivity index (χ0v) is 16.5. The van der Waals surface area contributed by atoms with E-state index in [1.165, 1.54) is 6.92 Å². The number of Topliss-reactive ketones (excluding diaryl/α,β-unsaturated/α-hetero) is 1. The maximum Gasteiger partial charge on any atom is 0.326 e. The SMILES string of the molecule is CC(=O)SC(CC(=O)N[C@H](C(=O)O)C(C)C)C(=O)c1ccc(Br)cc1. The van der Waals surface area contributed by atoms with E-state index >= 15 is 0 Å². The molecule has 1 aromatic rings. The molecule has 8 heteroatoms. The highest BCUT2D eigenvalue weighted by molar-refractivity contribution is 9.10. The molecule has 0 fully saturated rings. The Morgan fingerprint density at radius 2 is 1.72 bits per heavy atom. The molecule has 6 nitrogen and oxygen atoms in total. The molecule has 2 atom stereocenters. The third kappa shape index (κ3) is 6.99. The van der Waals surface area contributed by atoms with Crippen molar-refractivity contribution in [1.82, 2.24) is 5.32 Å². The number of nitrogens with one attached hydrogen (secondary N) is 1. The summed E-state index contributed by atoms with van der Waals surface area (Å²) in [6.45, 7) is 4.67. The second-order valence-electron chi connectivity index (χ2n) is 5.80. The van der Waals surface area contributed by atoms with Crippen molar-refractivity contribution in [3.63, 3.8) is 0 Å². The molecule has 0 saturated heterocycles. The van der Waals surface area contributed by atoms with Crippen LogP contribution in [0.3, 0.4) is 0 Å². The van der Waals surface area contributed by atoms with Crippen LogP contribution in [0.4, 0.5) is 0 Å². The van der Waals surface area contributed by atoms with Crippen molar-refractivity contribution >= 4 is 50.5 Å². The molecule has 1 unspecified atom stereocenters. The number of ketones is 1. The molecule has 0 aliphatic heterocycles. The van der Waals surface area contributed by atoms with E-state index in [1.807, 2.05) is 0 Å². The van der Waals surface area contributed by atoms with Crippen LogP contribution < -0.4 is 5.32 Å². The zero-order chi connectivity index (χ0) is 19.1. The third-order valence-corrected chi connectivity index (χ3v) is 4.88. The minimum absolute atomic E-state index is 0.268. The smallest absolute Gasteiger partial charge is 0.326 e. The molecule has 1 amide bonds. The normalized spacial score (nSPS) is 13.2. The van der Waals surface area contributed by atoms with Crippen molar-refractivity contribution in [1.29, 1.82) is 0 Å². The standard InChI is InChI=1S/C17H20BrNO5S/c1-9(2)15(17(23)24)19-14(21)8-13(25-10(3)20)16(22)11-4-6-12(18)7-5-11/h4-7,9,13,15H,8H2,1-3H3,(H,19,21)(H,23,24)/t13?,15-/m0/s1. The van der Waals surface area contributed by atoms with Crippen LogP contribution in [0.5, 0.6) is 0 Å². The lowest BCUT2D eigenvalue weighted by atomic mass is 10.0. The van der Waals surface area contributed by atoms with Crippen molar-refractivity contribution in [2.75, 3.05) is 0 Å². The number of hydrogen-bond donors (Lipinski definition) is 2. The molecule has 25 heavy (non-hydrogen) atoms. The molecule has 0 bridgehead atoms. The molecule has 136 valence electrons. The van der Waals surface area contributed by atoms with E-state index in [4.69, 9.17) is 5.11 Å². The van der Waals surface area contributed by atoms with E-state index in [9.17, 15) is 19.2 Å². The number of carboxylic acids is 1. The van der Waals surface area contributed by atoms with E-state index in [0.717, 1.165) is 16.2 Å². The molecule has 0 aliphatic rings. The Bertz CT molecular complexity index is 660. The number of thioether (sulfide) groups is 1. The second kappa shape index (κ2) is 9.72. The number of halogens is 1. The molecule has 1 aromatic carbocycles. The highest BCUT2D eigenvalue weighted by Gasteiger charge is 2.29. The van der Waals surface area contributed by atoms with Gasteiger partial charge in [0.2, 0.25) is 5.91 Å². The van der Waals surface area contributed by atoms with E-state index in [-0.39, 0.29) is 23.2 Å². The fraction of sp³-hybridized carbons (Fsp3) is 0.412. The Morgan fingerprint density at radius 3 is 2.16 bits per heavy atom. The number of carboxylic acid groups (broad SMARTS) is 1. The number of aliphatic carboxylic acids is 1. The van der Waals surface area contributed by atoms with Gasteiger partial charge in [-0.05, 0) is 18.1 Å². The van der Waals surface area contributed by atoms with Gasteiger partial charge < -0.3 is 10.4 Å². The average Bonchev–Trinajstić information content (AvgIpc) is 2.51. The van der Waals surface area contributed by atoms with E-state index in [1.54, 1.807) is 38.1 Å². The van der Waals surface area contributed by atoms with E-state index < -0.39 is 23.2 Å². The summed E-state index contributed by atoms with van der Waals surface area (Å²) in [5.74, 6) is -2.37. The van der Waals surface area contributed by atoms with Gasteiger partial charge in [-0.2, -0.15) is 0 Å². The highest BCUT2D eigenvalue weighted by atomic mass is 79.9. The molecule has 2 N–H and O–H groups in total. The Hall–Kier alpha value is -1.67. The lowest BCUT2D eigenvalue weighted by molar-refractivity contribution is -0.143. The van der Waals surface area contributed by atoms with Gasteiger partial charge in [0.1, 0.15) is 6.04 Å². The molecule has 1 rings (SSSR count). The van der Waals surface area contributed by atoms with Crippen LogP contribution in [-0.4, -0.2) is 39.2 Å². The van der Waals surface area contributed by atoms with E-state index in [0.29, 0.717) is 5.56 Å². The largest absolute Gasteiger partial charge is 0.480 e. The summed E-state index contributed by atoms with van der Waals surface area (Å²) in [5.41, 5.74) is 0.383. The number of benzene rings is 1. The van der Waals surface area contributed by atoms with Crippen molar-refractivity contribution in [2.45, 2.75) is 38.5 Å². The lowest BCUT2D eigenvalue weighted by Crippen LogP contribution is -2.45. The molecular formula is C17H20BrNO5S. The van der Waals surface area contributed by atoms with Crippen LogP contribution >= 0.6 is 27.7 Å². The molecule has 0 radical (unpaired) electrons. The lowest BCUT2D eigenvalue weighted by Gasteiger charge is -2.20. The minimum Gasteiger partial charge on any atom is -0.480 e. The fourth-order valence-corrected chi connectivity index (χ4v) is 3.25. The topological polar surface area (TPSA) is 101 Å². The van der Waals surface area contributed by atoms with Gasteiger partial charge >= 0.3 is 5.97 Å². The van der Waals surface area contributed by atoms with Crippen LogP contribution in [0.15, 0.2) is 28.7 Å². The van der Waals surface area contributed by atoms with Crippen LogP contribution in [0.1, 0.15) is 37.6 Å². The molecule has 0 heterocycles. The maximum absolute atomic E-state index is 12.6. The Balaban J connectivity index is 2.90. The van der Waals surface area contributed by atoms with Gasteiger partial charge in [-0.3, -0.25) is 14.4 Å². The number of hydrogen-bond acceptors (Lipinski definition) is 5. The van der Waals surface area contributed by atoms with Crippen molar-refractivity contribution < 1.29 is 24.3 Å². The van der Waals surface area contributed by atoms with Gasteiger partial charge in [-0.1, -0.05) is 53.7 Å². The second-order valence-corrected chi connectivity index (χ2v) is 8.10. The summed E-state index contributed by atoms with van der Waals surface area (Å²) in [6, 6.07) is 5.56. The molecule has 0 aromatic heterocycles. The van der Waals surface area contributed by atoms with Crippen LogP contribution in [-0.2, 0) is 14.4 Å². The fourth-order valence-electron chi connectivity index (χ4n) is 2.10. The van der Waals surface area contributed by atoms with Gasteiger partial charge in [-0.25, -0.2) is 4.79 Å². The summed E-state index contributed by atoms with van der Waals surface area (Å²) in [7, 11) is 0. The third-order valence-electron chi connectivity index (χ3n) is 3.35. The summed E-state index contributed by atoms with van der Waals surface area (Å²) in [4.78, 5) is 47.4. The molecule has 0 saturated carbocycles. The summed E-state index contributed by atoms with van der Waals surface area (Å²) >= 11 is 4.05. The number of rotatable bonds is 8. The summed E-state index contributed by atoms with van der Waals surface area (Å²) in [6.07, 6.45) is -0.268. The van der Waals surface area contributed by atoms with E-state index in [2.05, 4.69) is 21.2 Å². The predicted octanol–water partition coefficient (Wildman–Crippen LogP) is 2.90. The molecule has 0 aliphatic carbocycles. The number of carbonyl (C=O) groups is 4. The minimum atomic E-state index is -1.14. The average molecular weight is 430 g/mol. The van der Waals surface area contributed by atoms with Crippen molar-refractivity contribution in [3.8, 4) is 0 Å². The van der Waals surface area contributed by atoms with Crippen LogP contribution in [0, 0.1) is 5.92 Å². The van der Waals surface area contributed by atoms with Crippen molar-refractivity contribution in [2.24, 2.45) is 5.92 Å². The zero-order valence-electron chi connectivity index (χ0n) is 14.1. The first-order valence-electron chi connectivity index (χ1n) is 7.61. The van der Waals surface area contributed by atoms with Crippen molar-refractivity contribution in [3.05, 3.63) is 34.3 Å². The maximum atomic E-state index is 12.6. The van der Waals surface area contributed by atoms with Gasteiger partial charge in [0, 0.05) is 23.4 Å². The molecule has 0 spiro atoms. The van der Waals surface area contributed by atoms with Crippen LogP contribution in [0.25, 0.3) is 0 Å². The number of carbonyl (C=O) groups excluding carboxylic acids is 3. The van der Waals surface area contributed by atoms with Gasteiger partial charge in [0.15, 0.2) is 10.9 Å². The van der Waals surface area contributed by atoms with Gasteiger partial charge in [0.25, 0.3) is 0 Å². The Labute approximate surface area is 158 Å². The highest BCUT2D eigenvalue weighted by Crippen LogP contribution is 2.22. The first-order chi connectivity index (χ1) is 11.6. The first-order valence-corrected chi connectivity index (χ1v) is 9.28. The molecular weight excluding hydrogens is 410 g/mol.